The second-order valence-corrected chi connectivity index (χ2v) is 3.00. The fourth-order valence-electron chi connectivity index (χ4n) is 1.73. The van der Waals surface area contributed by atoms with Crippen LogP contribution >= 0.6 is 0 Å². The molecule has 1 N–H and O–H groups in total. The van der Waals surface area contributed by atoms with E-state index in [4.69, 9.17) is 0 Å². The number of hydrogen-bond donors (Lipinski definition) is 1. The number of nitrogens with one attached hydrogen (secondary N) is 1. The highest BCUT2D eigenvalue weighted by Gasteiger charge is 2.22. The van der Waals surface area contributed by atoms with Crippen LogP contribution in [0.5, 0.6) is 0 Å². The Morgan fingerprint density at radius 3 is 2.25 bits per heavy atom. The van der Waals surface area contributed by atoms with Gasteiger partial charge in [-0.15, -0.1) is 0 Å². The zero-order chi connectivity index (χ0) is 9.40. The maximum Gasteiger partial charge on any atom is 0.137 e. The first-order valence-corrected chi connectivity index (χ1v) is 5.01. The van der Waals surface area contributed by atoms with Crippen LogP contribution in [-0.4, -0.2) is 19.4 Å². The van der Waals surface area contributed by atoms with Gasteiger partial charge < -0.3 is 10.1 Å². The molecule has 0 aliphatic heterocycles. The number of aldehydes is 1. The summed E-state index contributed by atoms with van der Waals surface area (Å²) in [6, 6.07) is 0.113. The van der Waals surface area contributed by atoms with Crippen molar-refractivity contribution in [1.82, 2.24) is 5.32 Å². The van der Waals surface area contributed by atoms with Gasteiger partial charge in [-0.3, -0.25) is 0 Å². The second-order valence-electron chi connectivity index (χ2n) is 3.00. The molecular formula is C10H23NO. The van der Waals surface area contributed by atoms with E-state index in [2.05, 4.69) is 5.32 Å². The maximum atomic E-state index is 10.5. The summed E-state index contributed by atoms with van der Waals surface area (Å²) in [5.41, 5.74) is 0. The van der Waals surface area contributed by atoms with Crippen LogP contribution in [0, 0.1) is 5.92 Å². The van der Waals surface area contributed by atoms with Gasteiger partial charge in [-0.25, -0.2) is 0 Å². The maximum absolute atomic E-state index is 10.5. The normalized spacial score (nSPS) is 19.6. The minimum absolute atomic E-state index is 0. The molecular weight excluding hydrogens is 150 g/mol. The lowest BCUT2D eigenvalue weighted by atomic mass is 10.00. The highest BCUT2D eigenvalue weighted by molar-refractivity contribution is 5.58. The van der Waals surface area contributed by atoms with E-state index in [0.717, 1.165) is 6.29 Å². The van der Waals surface area contributed by atoms with Crippen molar-refractivity contribution in [2.75, 3.05) is 7.05 Å². The molecule has 1 saturated carbocycles. The number of rotatable bonds is 3. The molecule has 0 spiro atoms. The van der Waals surface area contributed by atoms with Crippen LogP contribution in [0.2, 0.25) is 0 Å². The summed E-state index contributed by atoms with van der Waals surface area (Å²) in [6.45, 7) is 4.00. The molecule has 1 rings (SSSR count). The second kappa shape index (κ2) is 7.29. The van der Waals surface area contributed by atoms with E-state index >= 15 is 0 Å². The minimum atomic E-state index is 0. The van der Waals surface area contributed by atoms with Gasteiger partial charge in [0.05, 0.1) is 6.04 Å². The zero-order valence-corrected chi connectivity index (χ0v) is 8.47. The number of hydrogen-bond acceptors (Lipinski definition) is 2. The Balaban J connectivity index is 0. The molecule has 0 saturated heterocycles. The molecule has 0 radical (unpaired) electrons. The molecule has 0 amide bonds. The molecule has 1 aliphatic rings. The minimum Gasteiger partial charge on any atom is -0.311 e. The lowest BCUT2D eigenvalue weighted by molar-refractivity contribution is -0.110. The van der Waals surface area contributed by atoms with Crippen LogP contribution in [0.15, 0.2) is 0 Å². The Labute approximate surface area is 77.2 Å². The van der Waals surface area contributed by atoms with E-state index in [-0.39, 0.29) is 7.47 Å². The van der Waals surface area contributed by atoms with E-state index in [9.17, 15) is 4.79 Å². The van der Waals surface area contributed by atoms with Crippen LogP contribution in [-0.2, 0) is 4.79 Å². The first-order chi connectivity index (χ1) is 5.88. The van der Waals surface area contributed by atoms with Gasteiger partial charge in [0, 0.05) is 1.43 Å². The Hall–Kier alpha value is -0.370. The van der Waals surface area contributed by atoms with Gasteiger partial charge in [-0.1, -0.05) is 26.7 Å². The van der Waals surface area contributed by atoms with E-state index in [1.807, 2.05) is 20.9 Å². The molecule has 1 fully saturated rings. The molecule has 1 atom stereocenters. The van der Waals surface area contributed by atoms with Crippen molar-refractivity contribution in [3.8, 4) is 0 Å². The van der Waals surface area contributed by atoms with Gasteiger partial charge in [0.2, 0.25) is 0 Å². The molecule has 0 aromatic heterocycles. The number of carbonyl (C=O) groups is 1. The first kappa shape index (κ1) is 11.6. The van der Waals surface area contributed by atoms with Crippen molar-refractivity contribution >= 4 is 6.29 Å². The molecule has 0 aromatic carbocycles. The molecule has 0 aromatic rings. The first-order valence-electron chi connectivity index (χ1n) is 5.01. The van der Waals surface area contributed by atoms with Crippen molar-refractivity contribution in [1.29, 1.82) is 0 Å². The van der Waals surface area contributed by atoms with Gasteiger partial charge >= 0.3 is 0 Å². The topological polar surface area (TPSA) is 29.1 Å². The summed E-state index contributed by atoms with van der Waals surface area (Å²) in [7, 11) is 1.86. The molecule has 0 unspecified atom stereocenters. The van der Waals surface area contributed by atoms with E-state index in [1.54, 1.807) is 0 Å². The molecule has 0 bridgehead atoms. The fourth-order valence-corrected chi connectivity index (χ4v) is 1.73. The van der Waals surface area contributed by atoms with Crippen molar-refractivity contribution in [2.45, 2.75) is 45.6 Å². The highest BCUT2D eigenvalue weighted by Crippen LogP contribution is 2.26. The van der Waals surface area contributed by atoms with Crippen molar-refractivity contribution in [2.24, 2.45) is 5.92 Å². The van der Waals surface area contributed by atoms with Gasteiger partial charge in [0.25, 0.3) is 0 Å². The summed E-state index contributed by atoms with van der Waals surface area (Å²) in [5, 5.41) is 3.03. The van der Waals surface area contributed by atoms with E-state index < -0.39 is 0 Å². The smallest absolute Gasteiger partial charge is 0.137 e. The Bertz CT molecular complexity index is 113. The van der Waals surface area contributed by atoms with Crippen LogP contribution in [0.4, 0.5) is 0 Å². The lowest BCUT2D eigenvalue weighted by Gasteiger charge is -2.15. The van der Waals surface area contributed by atoms with Crippen LogP contribution < -0.4 is 5.32 Å². The quantitative estimate of drug-likeness (QED) is 0.663. The molecule has 74 valence electrons. The van der Waals surface area contributed by atoms with Crippen molar-refractivity contribution in [3.63, 3.8) is 0 Å². The number of likely N-dealkylation sites (N-methyl/N-ethyl adjacent to an activating group) is 1. The predicted molar refractivity (Wildman–Crippen MR) is 54.3 cm³/mol. The lowest BCUT2D eigenvalue weighted by Crippen LogP contribution is -2.33. The van der Waals surface area contributed by atoms with Crippen molar-refractivity contribution < 1.29 is 6.22 Å². The third kappa shape index (κ3) is 3.35. The third-order valence-corrected chi connectivity index (χ3v) is 2.39. The summed E-state index contributed by atoms with van der Waals surface area (Å²) < 4.78 is 0. The molecule has 2 nitrogen and oxygen atoms in total. The van der Waals surface area contributed by atoms with E-state index in [1.165, 1.54) is 25.7 Å². The largest absolute Gasteiger partial charge is 0.311 e. The summed E-state index contributed by atoms with van der Waals surface area (Å²) in [5.74, 6) is 0.613. The van der Waals surface area contributed by atoms with E-state index in [0.29, 0.717) is 5.92 Å². The molecule has 1 aliphatic carbocycles. The zero-order valence-electron chi connectivity index (χ0n) is 8.47. The predicted octanol–water partition coefficient (Wildman–Crippen LogP) is 2.24. The van der Waals surface area contributed by atoms with Crippen molar-refractivity contribution in [3.05, 3.63) is 0 Å². The SMILES string of the molecule is CC.CN[C@H](C=O)C1CCCC1.[HH]. The summed E-state index contributed by atoms with van der Waals surface area (Å²) in [6.07, 6.45) is 6.10. The average molecular weight is 173 g/mol. The van der Waals surface area contributed by atoms with Gasteiger partial charge in [0.15, 0.2) is 0 Å². The molecule has 12 heavy (non-hydrogen) atoms. The molecule has 0 heterocycles. The van der Waals surface area contributed by atoms with Crippen LogP contribution in [0.3, 0.4) is 0 Å². The van der Waals surface area contributed by atoms with Crippen LogP contribution in [0.25, 0.3) is 0 Å². The third-order valence-electron chi connectivity index (χ3n) is 2.39. The van der Waals surface area contributed by atoms with Gasteiger partial charge in [-0.2, -0.15) is 0 Å². The van der Waals surface area contributed by atoms with Gasteiger partial charge in [-0.05, 0) is 25.8 Å². The molecule has 2 heteroatoms. The average Bonchev–Trinajstić information content (AvgIpc) is 2.64. The number of carbonyl (C=O) groups excluding carboxylic acids is 1. The highest BCUT2D eigenvalue weighted by atomic mass is 16.1. The summed E-state index contributed by atoms with van der Waals surface area (Å²) in [4.78, 5) is 10.5. The van der Waals surface area contributed by atoms with Crippen LogP contribution in [0.1, 0.15) is 41.0 Å². The Kier molecular flexibility index (Phi) is 7.06. The Morgan fingerprint density at radius 2 is 1.92 bits per heavy atom. The Morgan fingerprint density at radius 1 is 1.42 bits per heavy atom. The fraction of sp³-hybridized carbons (Fsp3) is 0.900. The standard InChI is InChI=1S/C8H15NO.C2H6.H2/c1-9-8(6-10)7-4-2-3-5-7;1-2;/h6-9H,2-5H2,1H3;1-2H3;1H/t8-;;/m1../s1. The van der Waals surface area contributed by atoms with Gasteiger partial charge in [0.1, 0.15) is 6.29 Å². The monoisotopic (exact) mass is 173 g/mol. The summed E-state index contributed by atoms with van der Waals surface area (Å²) >= 11 is 0.